The second-order valence-corrected chi connectivity index (χ2v) is 4.96. The predicted molar refractivity (Wildman–Crippen MR) is 72.4 cm³/mol. The van der Waals surface area contributed by atoms with E-state index in [2.05, 4.69) is 6.58 Å². The first kappa shape index (κ1) is 17.8. The largest absolute Gasteiger partial charge is 0.486 e. The minimum absolute atomic E-state index is 0.0117. The molecule has 110 valence electrons. The van der Waals surface area contributed by atoms with Gasteiger partial charge in [0.25, 0.3) is 0 Å². The summed E-state index contributed by atoms with van der Waals surface area (Å²) < 4.78 is 5.19. The lowest BCUT2D eigenvalue weighted by molar-refractivity contribution is -0.140. The third kappa shape index (κ3) is 5.14. The lowest BCUT2D eigenvalue weighted by atomic mass is 9.95. The first-order valence-corrected chi connectivity index (χ1v) is 6.23. The number of carbonyl (C=O) groups is 1. The summed E-state index contributed by atoms with van der Waals surface area (Å²) in [5.41, 5.74) is 0.581. The summed E-state index contributed by atoms with van der Waals surface area (Å²) in [6.07, 6.45) is -2.97. The highest BCUT2D eigenvalue weighted by Crippen LogP contribution is 2.16. The van der Waals surface area contributed by atoms with Gasteiger partial charge < -0.3 is 20.1 Å². The maximum absolute atomic E-state index is 12.0. The number of rotatable bonds is 8. The molecule has 0 aliphatic rings. The number of hydrogen-bond donors (Lipinski definition) is 3. The summed E-state index contributed by atoms with van der Waals surface area (Å²) in [4.78, 5) is 12.0. The van der Waals surface area contributed by atoms with Crippen molar-refractivity contribution in [1.29, 1.82) is 0 Å². The zero-order chi connectivity index (χ0) is 15.2. The summed E-state index contributed by atoms with van der Waals surface area (Å²) in [5.74, 6) is -1.03. The van der Waals surface area contributed by atoms with Crippen molar-refractivity contribution in [2.45, 2.75) is 46.0 Å². The molecule has 0 bridgehead atoms. The van der Waals surface area contributed by atoms with Gasteiger partial charge in [0.15, 0.2) is 5.76 Å². The average molecular weight is 272 g/mol. The van der Waals surface area contributed by atoms with Crippen LogP contribution < -0.4 is 0 Å². The molecule has 5 heteroatoms. The summed E-state index contributed by atoms with van der Waals surface area (Å²) >= 11 is 0. The SMILES string of the molecule is C=CCOC(C(=O)[C@@H](O)[C@H](O)C(O)C(C)C)=C(C)C. The number of carbonyl (C=O) groups excluding carboxylic acids is 1. The van der Waals surface area contributed by atoms with Crippen molar-refractivity contribution in [3.8, 4) is 0 Å². The molecule has 0 amide bonds. The van der Waals surface area contributed by atoms with E-state index in [0.29, 0.717) is 5.57 Å². The summed E-state index contributed by atoms with van der Waals surface area (Å²) in [6.45, 7) is 10.3. The number of aliphatic hydroxyl groups is 3. The lowest BCUT2D eigenvalue weighted by Gasteiger charge is -2.25. The topological polar surface area (TPSA) is 87.0 Å². The number of ketones is 1. The van der Waals surface area contributed by atoms with E-state index in [4.69, 9.17) is 4.74 Å². The predicted octanol–water partition coefficient (Wildman–Crippen LogP) is 0.791. The van der Waals surface area contributed by atoms with Gasteiger partial charge in [-0.15, -0.1) is 0 Å². The Kier molecular flexibility index (Phi) is 7.59. The van der Waals surface area contributed by atoms with Gasteiger partial charge in [0.05, 0.1) is 6.10 Å². The number of ether oxygens (including phenoxy) is 1. The van der Waals surface area contributed by atoms with Gasteiger partial charge in [-0.3, -0.25) is 4.79 Å². The van der Waals surface area contributed by atoms with Crippen LogP contribution in [0.1, 0.15) is 27.7 Å². The molecule has 0 heterocycles. The van der Waals surface area contributed by atoms with Crippen molar-refractivity contribution in [1.82, 2.24) is 0 Å². The molecule has 3 atom stereocenters. The van der Waals surface area contributed by atoms with E-state index in [1.807, 2.05) is 0 Å². The lowest BCUT2D eigenvalue weighted by Crippen LogP contribution is -2.45. The van der Waals surface area contributed by atoms with E-state index >= 15 is 0 Å². The maximum Gasteiger partial charge on any atom is 0.228 e. The molecule has 0 aliphatic carbocycles. The van der Waals surface area contributed by atoms with Crippen LogP contribution in [0.4, 0.5) is 0 Å². The van der Waals surface area contributed by atoms with Gasteiger partial charge in [-0.05, 0) is 25.3 Å². The minimum Gasteiger partial charge on any atom is -0.486 e. The molecule has 0 aromatic rings. The fourth-order valence-electron chi connectivity index (χ4n) is 1.47. The fourth-order valence-corrected chi connectivity index (χ4v) is 1.47. The first-order valence-electron chi connectivity index (χ1n) is 6.23. The van der Waals surface area contributed by atoms with Gasteiger partial charge in [-0.25, -0.2) is 0 Å². The highest BCUT2D eigenvalue weighted by molar-refractivity contribution is 5.97. The smallest absolute Gasteiger partial charge is 0.228 e. The van der Waals surface area contributed by atoms with Gasteiger partial charge in [0.2, 0.25) is 5.78 Å². The van der Waals surface area contributed by atoms with Crippen molar-refractivity contribution in [3.63, 3.8) is 0 Å². The zero-order valence-electron chi connectivity index (χ0n) is 12.0. The van der Waals surface area contributed by atoms with Crippen LogP contribution in [0.25, 0.3) is 0 Å². The van der Waals surface area contributed by atoms with Gasteiger partial charge in [0.1, 0.15) is 18.8 Å². The number of allylic oxidation sites excluding steroid dienone is 1. The quantitative estimate of drug-likeness (QED) is 0.345. The molecular formula is C14H24O5. The maximum atomic E-state index is 12.0. The van der Waals surface area contributed by atoms with Crippen LogP contribution in [0.15, 0.2) is 24.0 Å². The molecule has 0 saturated carbocycles. The Morgan fingerprint density at radius 3 is 2.11 bits per heavy atom. The number of aliphatic hydroxyl groups excluding tert-OH is 3. The molecule has 0 aliphatic heterocycles. The normalized spacial score (nSPS) is 15.6. The summed E-state index contributed by atoms with van der Waals surface area (Å²) in [6, 6.07) is 0. The van der Waals surface area contributed by atoms with Crippen molar-refractivity contribution >= 4 is 5.78 Å². The van der Waals surface area contributed by atoms with E-state index in [1.165, 1.54) is 6.08 Å². The zero-order valence-corrected chi connectivity index (χ0v) is 12.0. The highest BCUT2D eigenvalue weighted by Gasteiger charge is 2.34. The highest BCUT2D eigenvalue weighted by atomic mass is 16.5. The summed E-state index contributed by atoms with van der Waals surface area (Å²) in [5, 5.41) is 29.3. The van der Waals surface area contributed by atoms with Gasteiger partial charge >= 0.3 is 0 Å². The molecule has 19 heavy (non-hydrogen) atoms. The molecule has 0 fully saturated rings. The van der Waals surface area contributed by atoms with E-state index in [0.717, 1.165) is 0 Å². The monoisotopic (exact) mass is 272 g/mol. The Morgan fingerprint density at radius 1 is 1.21 bits per heavy atom. The Bertz CT molecular complexity index is 342. The van der Waals surface area contributed by atoms with Crippen molar-refractivity contribution in [2.24, 2.45) is 5.92 Å². The van der Waals surface area contributed by atoms with E-state index in [1.54, 1.807) is 27.7 Å². The molecule has 3 N–H and O–H groups in total. The molecule has 0 aromatic carbocycles. The van der Waals surface area contributed by atoms with E-state index in [-0.39, 0.29) is 18.3 Å². The third-order valence-electron chi connectivity index (χ3n) is 2.65. The van der Waals surface area contributed by atoms with E-state index < -0.39 is 24.1 Å². The minimum atomic E-state index is -1.72. The van der Waals surface area contributed by atoms with Crippen LogP contribution in [-0.4, -0.2) is 46.0 Å². The van der Waals surface area contributed by atoms with Crippen LogP contribution in [0.3, 0.4) is 0 Å². The van der Waals surface area contributed by atoms with Crippen molar-refractivity contribution in [3.05, 3.63) is 24.0 Å². The average Bonchev–Trinajstić information content (AvgIpc) is 2.35. The van der Waals surface area contributed by atoms with Crippen molar-refractivity contribution in [2.75, 3.05) is 6.61 Å². The Labute approximate surface area is 114 Å². The first-order chi connectivity index (χ1) is 8.73. The second kappa shape index (κ2) is 8.09. The number of hydrogen-bond acceptors (Lipinski definition) is 5. The van der Waals surface area contributed by atoms with Gasteiger partial charge in [0, 0.05) is 0 Å². The van der Waals surface area contributed by atoms with E-state index in [9.17, 15) is 20.1 Å². The van der Waals surface area contributed by atoms with Gasteiger partial charge in [-0.1, -0.05) is 26.5 Å². The Morgan fingerprint density at radius 2 is 1.74 bits per heavy atom. The molecule has 1 unspecified atom stereocenters. The van der Waals surface area contributed by atoms with Crippen molar-refractivity contribution < 1.29 is 24.9 Å². The van der Waals surface area contributed by atoms with Crippen LogP contribution in [-0.2, 0) is 9.53 Å². The molecule has 0 saturated heterocycles. The Hall–Kier alpha value is -1.17. The standard InChI is InChI=1S/C14H24O5/c1-6-7-19-14(9(4)5)13(18)12(17)11(16)10(15)8(2)3/h6,8,10-12,15-17H,1,7H2,2-5H3/t10?,11-,12+/m1/s1. The molecular weight excluding hydrogens is 248 g/mol. The fraction of sp³-hybridized carbons (Fsp3) is 0.643. The summed E-state index contributed by atoms with van der Waals surface area (Å²) in [7, 11) is 0. The van der Waals surface area contributed by atoms with Crippen LogP contribution in [0.5, 0.6) is 0 Å². The molecule has 0 aromatic heterocycles. The number of Topliss-reactive ketones (excluding diaryl/α,β-unsaturated/α-hetero) is 1. The molecule has 0 radical (unpaired) electrons. The molecule has 0 rings (SSSR count). The molecule has 0 spiro atoms. The third-order valence-corrected chi connectivity index (χ3v) is 2.65. The van der Waals surface area contributed by atoms with Gasteiger partial charge in [-0.2, -0.15) is 0 Å². The second-order valence-electron chi connectivity index (χ2n) is 4.96. The van der Waals surface area contributed by atoms with Crippen LogP contribution in [0, 0.1) is 5.92 Å². The molecule has 5 nitrogen and oxygen atoms in total. The Balaban J connectivity index is 4.96. The van der Waals surface area contributed by atoms with Crippen LogP contribution in [0.2, 0.25) is 0 Å². The van der Waals surface area contributed by atoms with Crippen LogP contribution >= 0.6 is 0 Å².